The number of fused-ring (bicyclic) bond motifs is 1. The van der Waals surface area contributed by atoms with Gasteiger partial charge in [0.15, 0.2) is 0 Å². The maximum Gasteiger partial charge on any atom is 0.330 e. The molecule has 0 N–H and O–H groups in total. The standard InChI is InChI=1S/C13H17NO3/c1-8-9(4-5-11(15)17-3)10-6-7-14(2)13(16)12(8)10/h4-10,12H,1-3H3/b5-4+/t8-,9-,10-,12+/m1/s1. The smallest absolute Gasteiger partial charge is 0.330 e. The second-order valence-corrected chi connectivity index (χ2v) is 4.71. The summed E-state index contributed by atoms with van der Waals surface area (Å²) in [7, 11) is 3.14. The lowest BCUT2D eigenvalue weighted by Gasteiger charge is -2.50. The van der Waals surface area contributed by atoms with Gasteiger partial charge in [-0.2, -0.15) is 0 Å². The van der Waals surface area contributed by atoms with Crippen molar-refractivity contribution in [3.05, 3.63) is 24.4 Å². The van der Waals surface area contributed by atoms with Gasteiger partial charge in [-0.1, -0.05) is 19.1 Å². The molecule has 0 saturated heterocycles. The van der Waals surface area contributed by atoms with Gasteiger partial charge in [0.1, 0.15) is 0 Å². The van der Waals surface area contributed by atoms with Crippen LogP contribution in [-0.4, -0.2) is 30.9 Å². The van der Waals surface area contributed by atoms with Crippen LogP contribution < -0.4 is 0 Å². The van der Waals surface area contributed by atoms with Gasteiger partial charge in [0, 0.05) is 25.2 Å². The topological polar surface area (TPSA) is 46.6 Å². The summed E-state index contributed by atoms with van der Waals surface area (Å²) >= 11 is 0. The quantitative estimate of drug-likeness (QED) is 0.533. The fourth-order valence-electron chi connectivity index (χ4n) is 2.77. The molecule has 1 fully saturated rings. The lowest BCUT2D eigenvalue weighted by molar-refractivity contribution is -0.144. The van der Waals surface area contributed by atoms with Crippen LogP contribution in [0.15, 0.2) is 24.4 Å². The number of hydrogen-bond acceptors (Lipinski definition) is 3. The van der Waals surface area contributed by atoms with Crippen molar-refractivity contribution in [3.8, 4) is 0 Å². The third-order valence-corrected chi connectivity index (χ3v) is 3.85. The van der Waals surface area contributed by atoms with Crippen molar-refractivity contribution in [2.45, 2.75) is 6.92 Å². The van der Waals surface area contributed by atoms with Crippen LogP contribution in [-0.2, 0) is 14.3 Å². The molecule has 4 atom stereocenters. The highest BCUT2D eigenvalue weighted by molar-refractivity contribution is 5.84. The maximum atomic E-state index is 11.9. The molecule has 0 aromatic heterocycles. The van der Waals surface area contributed by atoms with Crippen LogP contribution in [0.2, 0.25) is 0 Å². The van der Waals surface area contributed by atoms with Gasteiger partial charge in [-0.3, -0.25) is 4.79 Å². The number of amides is 1. The zero-order valence-corrected chi connectivity index (χ0v) is 10.3. The lowest BCUT2D eigenvalue weighted by Crippen LogP contribution is -2.53. The number of nitrogens with zero attached hydrogens (tertiary/aromatic N) is 1. The number of carbonyl (C=O) groups excluding carboxylic acids is 2. The fraction of sp³-hybridized carbons (Fsp3) is 0.538. The lowest BCUT2D eigenvalue weighted by atomic mass is 9.56. The van der Waals surface area contributed by atoms with Crippen molar-refractivity contribution in [2.75, 3.05) is 14.2 Å². The highest BCUT2D eigenvalue weighted by Crippen LogP contribution is 2.49. The molecule has 0 spiro atoms. The Bertz CT molecular complexity index is 399. The van der Waals surface area contributed by atoms with E-state index in [4.69, 9.17) is 0 Å². The molecule has 1 aliphatic carbocycles. The minimum atomic E-state index is -0.344. The molecule has 0 radical (unpaired) electrons. The number of ether oxygens (including phenoxy) is 1. The van der Waals surface area contributed by atoms with E-state index in [-0.39, 0.29) is 35.5 Å². The van der Waals surface area contributed by atoms with Gasteiger partial charge >= 0.3 is 5.97 Å². The number of carbonyl (C=O) groups is 2. The normalized spacial score (nSPS) is 35.7. The Hall–Kier alpha value is -1.58. The second kappa shape index (κ2) is 4.35. The van der Waals surface area contributed by atoms with Crippen LogP contribution in [0.4, 0.5) is 0 Å². The van der Waals surface area contributed by atoms with E-state index >= 15 is 0 Å². The molecule has 1 aliphatic heterocycles. The van der Waals surface area contributed by atoms with Gasteiger partial charge in [-0.05, 0) is 17.8 Å². The minimum Gasteiger partial charge on any atom is -0.466 e. The third-order valence-electron chi connectivity index (χ3n) is 3.85. The summed E-state index contributed by atoms with van der Waals surface area (Å²) < 4.78 is 4.56. The average molecular weight is 235 g/mol. The molecule has 1 saturated carbocycles. The number of esters is 1. The van der Waals surface area contributed by atoms with Crippen LogP contribution in [0.1, 0.15) is 6.92 Å². The van der Waals surface area contributed by atoms with Crippen LogP contribution in [0, 0.1) is 23.7 Å². The summed E-state index contributed by atoms with van der Waals surface area (Å²) in [6.45, 7) is 2.05. The van der Waals surface area contributed by atoms with E-state index in [0.717, 1.165) is 0 Å². The first kappa shape index (κ1) is 11.9. The van der Waals surface area contributed by atoms with Crippen LogP contribution >= 0.6 is 0 Å². The molecule has 0 aromatic carbocycles. The molecular weight excluding hydrogens is 218 g/mol. The number of hydrogen-bond donors (Lipinski definition) is 0. The summed E-state index contributed by atoms with van der Waals surface area (Å²) in [6.07, 6.45) is 7.18. The minimum absolute atomic E-state index is 0.0669. The molecule has 0 unspecified atom stereocenters. The zero-order valence-electron chi connectivity index (χ0n) is 10.3. The van der Waals surface area contributed by atoms with Gasteiger partial charge in [-0.25, -0.2) is 4.79 Å². The fourth-order valence-corrected chi connectivity index (χ4v) is 2.77. The molecule has 1 amide bonds. The van der Waals surface area contributed by atoms with E-state index < -0.39 is 0 Å². The Morgan fingerprint density at radius 3 is 2.88 bits per heavy atom. The van der Waals surface area contributed by atoms with Crippen molar-refractivity contribution in [1.82, 2.24) is 4.90 Å². The van der Waals surface area contributed by atoms with Crippen molar-refractivity contribution >= 4 is 11.9 Å². The first-order valence-corrected chi connectivity index (χ1v) is 5.77. The number of allylic oxidation sites excluding steroid dienone is 2. The van der Waals surface area contributed by atoms with Gasteiger partial charge in [0.2, 0.25) is 5.91 Å². The first-order chi connectivity index (χ1) is 8.06. The van der Waals surface area contributed by atoms with Crippen molar-refractivity contribution in [2.24, 2.45) is 23.7 Å². The molecule has 0 aromatic rings. The molecule has 17 heavy (non-hydrogen) atoms. The summed E-state index contributed by atoms with van der Waals surface area (Å²) in [4.78, 5) is 24.6. The molecule has 4 heteroatoms. The van der Waals surface area contributed by atoms with Crippen molar-refractivity contribution in [3.63, 3.8) is 0 Å². The third kappa shape index (κ3) is 1.88. The molecule has 92 valence electrons. The summed E-state index contributed by atoms with van der Waals surface area (Å²) in [5.74, 6) is 0.664. The predicted octanol–water partition coefficient (Wildman–Crippen LogP) is 1.20. The van der Waals surface area contributed by atoms with Gasteiger partial charge in [0.25, 0.3) is 0 Å². The Kier molecular flexibility index (Phi) is 3.05. The second-order valence-electron chi connectivity index (χ2n) is 4.71. The van der Waals surface area contributed by atoms with Gasteiger partial charge < -0.3 is 9.64 Å². The van der Waals surface area contributed by atoms with Crippen LogP contribution in [0.3, 0.4) is 0 Å². The Balaban J connectivity index is 2.09. The molecule has 2 aliphatic rings. The van der Waals surface area contributed by atoms with E-state index in [9.17, 15) is 9.59 Å². The molecule has 1 heterocycles. The summed E-state index contributed by atoms with van der Waals surface area (Å²) in [5, 5.41) is 0. The monoisotopic (exact) mass is 235 g/mol. The molecule has 4 nitrogen and oxygen atoms in total. The van der Waals surface area contributed by atoms with E-state index in [0.29, 0.717) is 0 Å². The molecular formula is C13H17NO3. The Morgan fingerprint density at radius 2 is 2.24 bits per heavy atom. The molecule has 2 rings (SSSR count). The highest BCUT2D eigenvalue weighted by Gasteiger charge is 2.51. The van der Waals surface area contributed by atoms with Crippen molar-refractivity contribution in [1.29, 1.82) is 0 Å². The average Bonchev–Trinajstić information content (AvgIpc) is 2.32. The largest absolute Gasteiger partial charge is 0.466 e. The van der Waals surface area contributed by atoms with E-state index in [1.165, 1.54) is 13.2 Å². The number of methoxy groups -OCH3 is 1. The van der Waals surface area contributed by atoms with E-state index in [2.05, 4.69) is 17.7 Å². The van der Waals surface area contributed by atoms with Crippen LogP contribution in [0.5, 0.6) is 0 Å². The first-order valence-electron chi connectivity index (χ1n) is 5.77. The summed E-state index contributed by atoms with van der Waals surface area (Å²) in [6, 6.07) is 0. The Morgan fingerprint density at radius 1 is 1.53 bits per heavy atom. The van der Waals surface area contributed by atoms with Gasteiger partial charge in [0.05, 0.1) is 7.11 Å². The van der Waals surface area contributed by atoms with E-state index in [1.54, 1.807) is 11.9 Å². The molecule has 0 bridgehead atoms. The number of rotatable bonds is 2. The van der Waals surface area contributed by atoms with Crippen molar-refractivity contribution < 1.29 is 14.3 Å². The van der Waals surface area contributed by atoms with Crippen LogP contribution in [0.25, 0.3) is 0 Å². The van der Waals surface area contributed by atoms with E-state index in [1.807, 2.05) is 12.3 Å². The predicted molar refractivity (Wildman–Crippen MR) is 62.7 cm³/mol. The summed E-state index contributed by atoms with van der Waals surface area (Å²) in [5.41, 5.74) is 0. The maximum absolute atomic E-state index is 11.9. The zero-order chi connectivity index (χ0) is 12.6. The SMILES string of the molecule is COC(=O)/C=C/[C@@H]1[C@@H](C)[C@@H]2C(=O)N(C)C=C[C@H]12. The Labute approximate surface area is 101 Å². The van der Waals surface area contributed by atoms with Gasteiger partial charge in [-0.15, -0.1) is 0 Å². The highest BCUT2D eigenvalue weighted by atomic mass is 16.5.